The molecular formula is C18H18O3. The number of benzene rings is 2. The molecule has 0 saturated carbocycles. The van der Waals surface area contributed by atoms with E-state index in [1.165, 1.54) is 12.1 Å². The first-order valence-electron chi connectivity index (χ1n) is 6.83. The lowest BCUT2D eigenvalue weighted by atomic mass is 10.1. The molecule has 0 atom stereocenters. The maximum atomic E-state index is 12.1. The van der Waals surface area contributed by atoms with Gasteiger partial charge in [-0.25, -0.2) is 0 Å². The van der Waals surface area contributed by atoms with E-state index in [-0.39, 0.29) is 23.2 Å². The maximum Gasteiger partial charge on any atom is 0.189 e. The van der Waals surface area contributed by atoms with Crippen LogP contribution in [0.15, 0.2) is 54.6 Å². The van der Waals surface area contributed by atoms with Crippen LogP contribution in [0.4, 0.5) is 0 Å². The van der Waals surface area contributed by atoms with Crippen LogP contribution in [0.3, 0.4) is 0 Å². The SMILES string of the molecule is CC(C)Oc1ccc(C(=O)/C=C/c2ccccc2)c(O)c1. The summed E-state index contributed by atoms with van der Waals surface area (Å²) in [5.74, 6) is 0.231. The number of phenols is 1. The van der Waals surface area contributed by atoms with Gasteiger partial charge in [-0.2, -0.15) is 0 Å². The molecule has 0 fully saturated rings. The molecule has 0 unspecified atom stereocenters. The molecule has 1 N–H and O–H groups in total. The highest BCUT2D eigenvalue weighted by Gasteiger charge is 2.10. The van der Waals surface area contributed by atoms with E-state index in [0.717, 1.165) is 5.56 Å². The number of rotatable bonds is 5. The highest BCUT2D eigenvalue weighted by molar-refractivity contribution is 6.08. The lowest BCUT2D eigenvalue weighted by molar-refractivity contribution is 0.104. The molecule has 0 heterocycles. The van der Waals surface area contributed by atoms with E-state index in [9.17, 15) is 9.90 Å². The summed E-state index contributed by atoms with van der Waals surface area (Å²) in [7, 11) is 0. The van der Waals surface area contributed by atoms with Gasteiger partial charge in [-0.3, -0.25) is 4.79 Å². The monoisotopic (exact) mass is 282 g/mol. The lowest BCUT2D eigenvalue weighted by Crippen LogP contribution is -2.05. The zero-order valence-electron chi connectivity index (χ0n) is 12.1. The zero-order chi connectivity index (χ0) is 15.2. The van der Waals surface area contributed by atoms with Crippen molar-refractivity contribution in [2.45, 2.75) is 20.0 Å². The van der Waals surface area contributed by atoms with Gasteiger partial charge in [0.2, 0.25) is 0 Å². The van der Waals surface area contributed by atoms with Crippen molar-refractivity contribution in [3.05, 3.63) is 65.7 Å². The van der Waals surface area contributed by atoms with Gasteiger partial charge in [0.25, 0.3) is 0 Å². The third-order valence-electron chi connectivity index (χ3n) is 2.83. The Morgan fingerprint density at radius 2 is 1.86 bits per heavy atom. The molecule has 3 nitrogen and oxygen atoms in total. The third-order valence-corrected chi connectivity index (χ3v) is 2.83. The fourth-order valence-corrected chi connectivity index (χ4v) is 1.89. The van der Waals surface area contributed by atoms with Gasteiger partial charge in [0, 0.05) is 6.07 Å². The molecule has 0 saturated heterocycles. The molecule has 0 radical (unpaired) electrons. The molecule has 0 aliphatic rings. The largest absolute Gasteiger partial charge is 0.507 e. The van der Waals surface area contributed by atoms with E-state index in [2.05, 4.69) is 0 Å². The van der Waals surface area contributed by atoms with Crippen LogP contribution in [0, 0.1) is 0 Å². The van der Waals surface area contributed by atoms with E-state index in [0.29, 0.717) is 5.75 Å². The molecule has 3 heteroatoms. The Morgan fingerprint density at radius 1 is 1.14 bits per heavy atom. The predicted molar refractivity (Wildman–Crippen MR) is 83.7 cm³/mol. The average Bonchev–Trinajstić information content (AvgIpc) is 2.45. The molecule has 0 aliphatic carbocycles. The van der Waals surface area contributed by atoms with E-state index in [4.69, 9.17) is 4.74 Å². The van der Waals surface area contributed by atoms with Crippen LogP contribution in [0.2, 0.25) is 0 Å². The van der Waals surface area contributed by atoms with Crippen LogP contribution in [0.5, 0.6) is 11.5 Å². The summed E-state index contributed by atoms with van der Waals surface area (Å²) in [4.78, 5) is 12.1. The fourth-order valence-electron chi connectivity index (χ4n) is 1.89. The summed E-state index contributed by atoms with van der Waals surface area (Å²) in [6.07, 6.45) is 3.19. The number of ether oxygens (including phenoxy) is 1. The summed E-state index contributed by atoms with van der Waals surface area (Å²) in [5, 5.41) is 9.94. The van der Waals surface area contributed by atoms with Crippen LogP contribution in [0.1, 0.15) is 29.8 Å². The van der Waals surface area contributed by atoms with Gasteiger partial charge in [-0.15, -0.1) is 0 Å². The molecule has 108 valence electrons. The average molecular weight is 282 g/mol. The van der Waals surface area contributed by atoms with Gasteiger partial charge in [0.1, 0.15) is 11.5 Å². The summed E-state index contributed by atoms with van der Waals surface area (Å²) in [6, 6.07) is 14.3. The van der Waals surface area contributed by atoms with Gasteiger partial charge in [0.15, 0.2) is 5.78 Å². The Labute approximate surface area is 124 Å². The standard InChI is InChI=1S/C18H18O3/c1-13(2)21-15-9-10-16(18(20)12-15)17(19)11-8-14-6-4-3-5-7-14/h3-13,20H,1-2H3/b11-8+. The van der Waals surface area contributed by atoms with Crippen LogP contribution in [-0.4, -0.2) is 17.0 Å². The van der Waals surface area contributed by atoms with Crippen molar-refractivity contribution in [1.29, 1.82) is 0 Å². The molecule has 2 rings (SSSR count). The summed E-state index contributed by atoms with van der Waals surface area (Å²) < 4.78 is 5.47. The molecule has 0 spiro atoms. The first-order valence-corrected chi connectivity index (χ1v) is 6.83. The minimum absolute atomic E-state index is 0.0175. The topological polar surface area (TPSA) is 46.5 Å². The Bertz CT molecular complexity index is 643. The second-order valence-corrected chi connectivity index (χ2v) is 4.95. The number of carbonyl (C=O) groups is 1. The number of phenolic OH excluding ortho intramolecular Hbond substituents is 1. The Balaban J connectivity index is 2.14. The highest BCUT2D eigenvalue weighted by atomic mass is 16.5. The van der Waals surface area contributed by atoms with Crippen LogP contribution in [-0.2, 0) is 0 Å². The van der Waals surface area contributed by atoms with Gasteiger partial charge < -0.3 is 9.84 Å². The van der Waals surface area contributed by atoms with Crippen molar-refractivity contribution in [2.75, 3.05) is 0 Å². The van der Waals surface area contributed by atoms with Crippen molar-refractivity contribution in [3.8, 4) is 11.5 Å². The van der Waals surface area contributed by atoms with Crippen LogP contribution < -0.4 is 4.74 Å². The smallest absolute Gasteiger partial charge is 0.189 e. The number of aromatic hydroxyl groups is 1. The molecule has 2 aromatic rings. The minimum atomic E-state index is -0.243. The van der Waals surface area contributed by atoms with E-state index in [1.54, 1.807) is 18.2 Å². The molecular weight excluding hydrogens is 264 g/mol. The molecule has 21 heavy (non-hydrogen) atoms. The Morgan fingerprint density at radius 3 is 2.48 bits per heavy atom. The first-order chi connectivity index (χ1) is 10.1. The van der Waals surface area contributed by atoms with Crippen LogP contribution in [0.25, 0.3) is 6.08 Å². The number of hydrogen-bond acceptors (Lipinski definition) is 3. The second kappa shape index (κ2) is 6.75. The summed E-state index contributed by atoms with van der Waals surface area (Å²) >= 11 is 0. The van der Waals surface area contributed by atoms with E-state index < -0.39 is 0 Å². The van der Waals surface area contributed by atoms with Crippen LogP contribution >= 0.6 is 0 Å². The number of hydrogen-bond donors (Lipinski definition) is 1. The number of ketones is 1. The molecule has 0 aromatic heterocycles. The quantitative estimate of drug-likeness (QED) is 0.664. The summed E-state index contributed by atoms with van der Waals surface area (Å²) in [6.45, 7) is 3.80. The fraction of sp³-hybridized carbons (Fsp3) is 0.167. The maximum absolute atomic E-state index is 12.1. The Kier molecular flexibility index (Phi) is 4.77. The van der Waals surface area contributed by atoms with Gasteiger partial charge >= 0.3 is 0 Å². The van der Waals surface area contributed by atoms with Crippen molar-refractivity contribution in [2.24, 2.45) is 0 Å². The van der Waals surface area contributed by atoms with Crippen molar-refractivity contribution in [1.82, 2.24) is 0 Å². The van der Waals surface area contributed by atoms with Gasteiger partial charge in [0.05, 0.1) is 11.7 Å². The van der Waals surface area contributed by atoms with E-state index in [1.807, 2.05) is 44.2 Å². The lowest BCUT2D eigenvalue weighted by Gasteiger charge is -2.10. The highest BCUT2D eigenvalue weighted by Crippen LogP contribution is 2.25. The molecule has 0 amide bonds. The normalized spacial score (nSPS) is 11.0. The van der Waals surface area contributed by atoms with Crippen molar-refractivity contribution >= 4 is 11.9 Å². The van der Waals surface area contributed by atoms with Gasteiger partial charge in [-0.1, -0.05) is 36.4 Å². The van der Waals surface area contributed by atoms with Gasteiger partial charge in [-0.05, 0) is 37.6 Å². The third kappa shape index (κ3) is 4.21. The number of allylic oxidation sites excluding steroid dienone is 1. The predicted octanol–water partition coefficient (Wildman–Crippen LogP) is 4.08. The molecule has 0 bridgehead atoms. The van der Waals surface area contributed by atoms with Crippen molar-refractivity contribution < 1.29 is 14.6 Å². The molecule has 0 aliphatic heterocycles. The number of carbonyl (C=O) groups excluding carboxylic acids is 1. The second-order valence-electron chi connectivity index (χ2n) is 4.95. The molecule has 2 aromatic carbocycles. The zero-order valence-corrected chi connectivity index (χ0v) is 12.1. The summed E-state index contributed by atoms with van der Waals surface area (Å²) in [5.41, 5.74) is 1.20. The van der Waals surface area contributed by atoms with Crippen molar-refractivity contribution in [3.63, 3.8) is 0 Å². The first kappa shape index (κ1) is 14.9. The van der Waals surface area contributed by atoms with E-state index >= 15 is 0 Å². The minimum Gasteiger partial charge on any atom is -0.507 e. The Hall–Kier alpha value is -2.55.